The Morgan fingerprint density at radius 1 is 0.900 bits per heavy atom. The molecule has 2 aliphatic rings. The lowest BCUT2D eigenvalue weighted by molar-refractivity contribution is 0.443. The molecular formula is C19H29Cl. The minimum atomic E-state index is 0.701. The van der Waals surface area contributed by atoms with E-state index in [0.29, 0.717) is 5.92 Å². The van der Waals surface area contributed by atoms with Gasteiger partial charge in [0.05, 0.1) is 0 Å². The number of benzene rings is 1. The molecule has 1 heteroatoms. The number of aryl methyl sites for hydroxylation is 1. The Morgan fingerprint density at radius 3 is 2.30 bits per heavy atom. The van der Waals surface area contributed by atoms with Crippen LogP contribution in [0.1, 0.15) is 94.2 Å². The Hall–Kier alpha value is -0.490. The van der Waals surface area contributed by atoms with Gasteiger partial charge in [-0.3, -0.25) is 0 Å². The van der Waals surface area contributed by atoms with E-state index in [1.54, 1.807) is 5.56 Å². The van der Waals surface area contributed by atoms with Gasteiger partial charge in [0.15, 0.2) is 0 Å². The zero-order valence-corrected chi connectivity index (χ0v) is 14.1. The molecule has 0 heterocycles. The highest BCUT2D eigenvalue weighted by molar-refractivity contribution is 6.31. The van der Waals surface area contributed by atoms with Crippen molar-refractivity contribution in [3.8, 4) is 0 Å². The van der Waals surface area contributed by atoms with Gasteiger partial charge in [0.25, 0.3) is 0 Å². The lowest BCUT2D eigenvalue weighted by Gasteiger charge is -2.28. The van der Waals surface area contributed by atoms with Gasteiger partial charge >= 0.3 is 0 Å². The fraction of sp³-hybridized carbons (Fsp3) is 0.684. The maximum Gasteiger partial charge on any atom is 0.0443 e. The second kappa shape index (κ2) is 7.50. The van der Waals surface area contributed by atoms with Gasteiger partial charge in [0.1, 0.15) is 0 Å². The first kappa shape index (κ1) is 15.9. The minimum Gasteiger partial charge on any atom is -0.0840 e. The van der Waals surface area contributed by atoms with Crippen molar-refractivity contribution >= 4 is 11.6 Å². The normalized spacial score (nSPS) is 22.7. The van der Waals surface area contributed by atoms with E-state index in [4.69, 9.17) is 11.6 Å². The van der Waals surface area contributed by atoms with Crippen molar-refractivity contribution in [2.75, 3.05) is 0 Å². The van der Waals surface area contributed by atoms with Crippen molar-refractivity contribution in [3.63, 3.8) is 0 Å². The molecule has 112 valence electrons. The van der Waals surface area contributed by atoms with Crippen LogP contribution in [-0.4, -0.2) is 0 Å². The lowest BCUT2D eigenvalue weighted by atomic mass is 9.79. The number of hydrogen-bond donors (Lipinski definition) is 0. The molecular weight excluding hydrogens is 264 g/mol. The fourth-order valence-electron chi connectivity index (χ4n) is 3.81. The van der Waals surface area contributed by atoms with Gasteiger partial charge in [-0.05, 0) is 66.7 Å². The summed E-state index contributed by atoms with van der Waals surface area (Å²) >= 11 is 6.56. The summed E-state index contributed by atoms with van der Waals surface area (Å²) in [5, 5.41) is 1.04. The van der Waals surface area contributed by atoms with Crippen LogP contribution >= 0.6 is 11.6 Å². The number of halogens is 1. The molecule has 2 aliphatic carbocycles. The maximum absolute atomic E-state index is 6.56. The van der Waals surface area contributed by atoms with Crippen molar-refractivity contribution in [1.29, 1.82) is 0 Å². The van der Waals surface area contributed by atoms with Gasteiger partial charge in [0.2, 0.25) is 0 Å². The minimum absolute atomic E-state index is 0.701. The second-order valence-corrected chi connectivity index (χ2v) is 6.61. The van der Waals surface area contributed by atoms with Gasteiger partial charge < -0.3 is 0 Å². The molecule has 0 aromatic heterocycles. The summed E-state index contributed by atoms with van der Waals surface area (Å²) in [5.74, 6) is 1.43. The van der Waals surface area contributed by atoms with Crippen LogP contribution in [0, 0.1) is 0 Å². The Bertz CT molecular complexity index is 430. The molecule has 0 aliphatic heterocycles. The van der Waals surface area contributed by atoms with E-state index >= 15 is 0 Å². The first-order valence-corrected chi connectivity index (χ1v) is 8.95. The smallest absolute Gasteiger partial charge is 0.0443 e. The molecule has 0 amide bonds. The van der Waals surface area contributed by atoms with E-state index in [9.17, 15) is 0 Å². The number of hydrogen-bond acceptors (Lipinski definition) is 0. The molecule has 1 atom stereocenters. The van der Waals surface area contributed by atoms with Crippen LogP contribution in [0.2, 0.25) is 5.02 Å². The van der Waals surface area contributed by atoms with Crippen LogP contribution in [0.25, 0.3) is 0 Å². The van der Waals surface area contributed by atoms with Crippen LogP contribution in [-0.2, 0) is 6.42 Å². The zero-order valence-electron chi connectivity index (χ0n) is 13.3. The predicted octanol–water partition coefficient (Wildman–Crippen LogP) is 6.85. The van der Waals surface area contributed by atoms with Gasteiger partial charge in [-0.15, -0.1) is 0 Å². The lowest BCUT2D eigenvalue weighted by Crippen LogP contribution is -2.11. The van der Waals surface area contributed by atoms with Crippen molar-refractivity contribution in [2.45, 2.75) is 84.0 Å². The molecule has 0 nitrogen and oxygen atoms in total. The maximum atomic E-state index is 6.56. The SMILES string of the molecule is CC.CC1CCCc2cc(C3CCCCC3)c(Cl)cc21. The summed E-state index contributed by atoms with van der Waals surface area (Å²) in [6.45, 7) is 6.34. The van der Waals surface area contributed by atoms with Crippen LogP contribution in [0.4, 0.5) is 0 Å². The van der Waals surface area contributed by atoms with E-state index in [1.165, 1.54) is 62.5 Å². The van der Waals surface area contributed by atoms with E-state index in [-0.39, 0.29) is 0 Å². The predicted molar refractivity (Wildman–Crippen MR) is 90.0 cm³/mol. The number of rotatable bonds is 1. The van der Waals surface area contributed by atoms with Crippen molar-refractivity contribution < 1.29 is 0 Å². The summed E-state index contributed by atoms with van der Waals surface area (Å²) in [5.41, 5.74) is 4.55. The highest BCUT2D eigenvalue weighted by Crippen LogP contribution is 2.41. The third kappa shape index (κ3) is 3.39. The molecule has 0 radical (unpaired) electrons. The topological polar surface area (TPSA) is 0 Å². The fourth-order valence-corrected chi connectivity index (χ4v) is 4.13. The molecule has 0 spiro atoms. The van der Waals surface area contributed by atoms with Crippen molar-refractivity contribution in [2.24, 2.45) is 0 Å². The Labute approximate surface area is 129 Å². The Morgan fingerprint density at radius 2 is 1.60 bits per heavy atom. The summed E-state index contributed by atoms with van der Waals surface area (Å²) in [4.78, 5) is 0. The van der Waals surface area contributed by atoms with E-state index in [0.717, 1.165) is 10.9 Å². The van der Waals surface area contributed by atoms with Gasteiger partial charge in [-0.2, -0.15) is 0 Å². The zero-order chi connectivity index (χ0) is 14.5. The molecule has 0 bridgehead atoms. The summed E-state index contributed by atoms with van der Waals surface area (Å²) in [6.07, 6.45) is 10.8. The highest BCUT2D eigenvalue weighted by Gasteiger charge is 2.23. The van der Waals surface area contributed by atoms with Crippen LogP contribution in [0.5, 0.6) is 0 Å². The average Bonchev–Trinajstić information content (AvgIpc) is 2.51. The van der Waals surface area contributed by atoms with Crippen molar-refractivity contribution in [1.82, 2.24) is 0 Å². The third-order valence-electron chi connectivity index (χ3n) is 4.92. The molecule has 1 aromatic carbocycles. The van der Waals surface area contributed by atoms with E-state index in [2.05, 4.69) is 19.1 Å². The Kier molecular flexibility index (Phi) is 5.96. The average molecular weight is 293 g/mol. The molecule has 3 rings (SSSR count). The first-order chi connectivity index (χ1) is 9.75. The monoisotopic (exact) mass is 292 g/mol. The van der Waals surface area contributed by atoms with Crippen molar-refractivity contribution in [3.05, 3.63) is 33.8 Å². The van der Waals surface area contributed by atoms with Gasteiger partial charge in [-0.25, -0.2) is 0 Å². The largest absolute Gasteiger partial charge is 0.0840 e. The van der Waals surface area contributed by atoms with Gasteiger partial charge in [0, 0.05) is 5.02 Å². The molecule has 1 unspecified atom stereocenters. The molecule has 20 heavy (non-hydrogen) atoms. The highest BCUT2D eigenvalue weighted by atomic mass is 35.5. The molecule has 0 N–H and O–H groups in total. The summed E-state index contributed by atoms with van der Waals surface area (Å²) in [6, 6.07) is 4.73. The molecule has 1 aromatic rings. The Balaban J connectivity index is 0.000000704. The van der Waals surface area contributed by atoms with Gasteiger partial charge in [-0.1, -0.05) is 57.7 Å². The third-order valence-corrected chi connectivity index (χ3v) is 5.25. The molecule has 1 fully saturated rings. The van der Waals surface area contributed by atoms with Crippen LogP contribution in [0.15, 0.2) is 12.1 Å². The second-order valence-electron chi connectivity index (χ2n) is 6.20. The standard InChI is InChI=1S/C17H23Cl.C2H6/c1-12-6-5-9-14-10-16(17(18)11-15(12)14)13-7-3-2-4-8-13;1-2/h10-13H,2-9H2,1H3;1-2H3. The molecule has 0 saturated heterocycles. The summed E-state index contributed by atoms with van der Waals surface area (Å²) < 4.78 is 0. The summed E-state index contributed by atoms with van der Waals surface area (Å²) in [7, 11) is 0. The first-order valence-electron chi connectivity index (χ1n) is 8.58. The van der Waals surface area contributed by atoms with E-state index in [1.807, 2.05) is 13.8 Å². The quantitative estimate of drug-likeness (QED) is 0.531. The molecule has 1 saturated carbocycles. The van der Waals surface area contributed by atoms with Crippen LogP contribution in [0.3, 0.4) is 0 Å². The van der Waals surface area contributed by atoms with Crippen LogP contribution < -0.4 is 0 Å². The van der Waals surface area contributed by atoms with E-state index < -0.39 is 0 Å². The number of fused-ring (bicyclic) bond motifs is 1.